The molecule has 0 unspecified atom stereocenters. The van der Waals surface area contributed by atoms with Crippen molar-refractivity contribution in [2.24, 2.45) is 11.8 Å². The molecule has 10 nitrogen and oxygen atoms in total. The number of ether oxygens (including phenoxy) is 2. The number of cyclic esters (lactones) is 1. The van der Waals surface area contributed by atoms with Gasteiger partial charge in [-0.05, 0) is 30.4 Å². The molecule has 10 heteroatoms. The summed E-state index contributed by atoms with van der Waals surface area (Å²) in [6.45, 7) is 2.61. The van der Waals surface area contributed by atoms with Crippen molar-refractivity contribution in [1.82, 2.24) is 15.1 Å². The van der Waals surface area contributed by atoms with Crippen molar-refractivity contribution in [3.63, 3.8) is 0 Å². The summed E-state index contributed by atoms with van der Waals surface area (Å²) < 4.78 is 13.0. The standard InChI is InChI=1S/C37H43N3O7/c1-2-3-20-39-21-12-19-37-32(34(43)40(33(37)35(39)44)27(24-41)22-25-13-6-4-7-14-25)31-28(47-37)17-10-11-18-30(42)38-23-29(46-36(31)45)26-15-8-5-9-16-26/h4-10,12-17,19,27-29,31-33,41H,2-3,11,18,20-24H2,1H3,(H,38,42)/b17-10-/t27-,28-,29+,31+,32+,33-,37+/m1/s1. The lowest BCUT2D eigenvalue weighted by atomic mass is 9.78. The third-order valence-corrected chi connectivity index (χ3v) is 9.77. The fraction of sp³-hybridized carbons (Fsp3) is 0.459. The van der Waals surface area contributed by atoms with Crippen LogP contribution in [0.2, 0.25) is 0 Å². The Bertz CT molecular complexity index is 1510. The van der Waals surface area contributed by atoms with Gasteiger partial charge < -0.3 is 29.7 Å². The first-order valence-electron chi connectivity index (χ1n) is 16.7. The van der Waals surface area contributed by atoms with Crippen LogP contribution in [0, 0.1) is 11.8 Å². The average molecular weight is 642 g/mol. The molecule has 0 saturated carbocycles. The second kappa shape index (κ2) is 14.2. The lowest BCUT2D eigenvalue weighted by Crippen LogP contribution is -2.58. The zero-order valence-electron chi connectivity index (χ0n) is 26.7. The predicted octanol–water partition coefficient (Wildman–Crippen LogP) is 3.12. The van der Waals surface area contributed by atoms with Crippen LogP contribution < -0.4 is 5.32 Å². The monoisotopic (exact) mass is 641 g/mol. The first-order valence-corrected chi connectivity index (χ1v) is 16.7. The number of unbranched alkanes of at least 4 members (excludes halogenated alkanes) is 1. The van der Waals surface area contributed by atoms with E-state index >= 15 is 0 Å². The molecule has 7 atom stereocenters. The number of fused-ring (bicyclic) bond motifs is 2. The molecule has 4 heterocycles. The maximum Gasteiger partial charge on any atom is 0.313 e. The van der Waals surface area contributed by atoms with Crippen molar-refractivity contribution in [1.29, 1.82) is 0 Å². The Labute approximate surface area is 275 Å². The second-order valence-electron chi connectivity index (χ2n) is 12.8. The molecule has 0 radical (unpaired) electrons. The third-order valence-electron chi connectivity index (χ3n) is 9.77. The number of carbonyl (C=O) groups excluding carboxylic acids is 4. The van der Waals surface area contributed by atoms with Crippen LogP contribution in [0.15, 0.2) is 85.0 Å². The van der Waals surface area contributed by atoms with Gasteiger partial charge in [0, 0.05) is 19.5 Å². The van der Waals surface area contributed by atoms with E-state index in [-0.39, 0.29) is 31.4 Å². The van der Waals surface area contributed by atoms with Gasteiger partial charge in [0.15, 0.2) is 0 Å². The molecular formula is C37H43N3O7. The molecule has 248 valence electrons. The largest absolute Gasteiger partial charge is 0.455 e. The van der Waals surface area contributed by atoms with Gasteiger partial charge in [0.25, 0.3) is 0 Å². The Hall–Kier alpha value is -4.28. The fourth-order valence-corrected chi connectivity index (χ4v) is 7.47. The average Bonchev–Trinajstić information content (AvgIpc) is 3.48. The minimum absolute atomic E-state index is 0.0729. The molecular weight excluding hydrogens is 598 g/mol. The molecule has 2 aromatic rings. The van der Waals surface area contributed by atoms with E-state index in [4.69, 9.17) is 9.47 Å². The summed E-state index contributed by atoms with van der Waals surface area (Å²) in [5, 5.41) is 13.6. The van der Waals surface area contributed by atoms with Gasteiger partial charge in [-0.1, -0.05) is 98.3 Å². The number of nitrogens with zero attached hydrogens (tertiary/aromatic N) is 2. The zero-order valence-corrected chi connectivity index (χ0v) is 26.7. The summed E-state index contributed by atoms with van der Waals surface area (Å²) >= 11 is 0. The first-order chi connectivity index (χ1) is 22.9. The summed E-state index contributed by atoms with van der Waals surface area (Å²) in [7, 11) is 0. The summed E-state index contributed by atoms with van der Waals surface area (Å²) in [6, 6.07) is 16.9. The highest BCUT2D eigenvalue weighted by Gasteiger charge is 2.72. The fourth-order valence-electron chi connectivity index (χ4n) is 7.47. The molecule has 2 fully saturated rings. The summed E-state index contributed by atoms with van der Waals surface area (Å²) in [6.07, 6.45) is 8.15. The van der Waals surface area contributed by atoms with Crippen LogP contribution in [0.5, 0.6) is 0 Å². The van der Waals surface area contributed by atoms with Crippen LogP contribution >= 0.6 is 0 Å². The lowest BCUT2D eigenvalue weighted by molar-refractivity contribution is -0.160. The molecule has 1 spiro atoms. The van der Waals surface area contributed by atoms with Crippen molar-refractivity contribution < 1.29 is 33.8 Å². The van der Waals surface area contributed by atoms with Crippen LogP contribution in [-0.2, 0) is 35.1 Å². The number of benzene rings is 2. The highest BCUT2D eigenvalue weighted by atomic mass is 16.6. The van der Waals surface area contributed by atoms with E-state index in [1.54, 1.807) is 23.1 Å². The first kappa shape index (κ1) is 32.7. The summed E-state index contributed by atoms with van der Waals surface area (Å²) in [5.74, 6) is -3.64. The predicted molar refractivity (Wildman–Crippen MR) is 174 cm³/mol. The van der Waals surface area contributed by atoms with Gasteiger partial charge in [0.05, 0.1) is 31.2 Å². The minimum atomic E-state index is -1.46. The van der Waals surface area contributed by atoms with Crippen molar-refractivity contribution >= 4 is 23.7 Å². The number of hydrogen-bond donors (Lipinski definition) is 2. The number of hydrogen-bond acceptors (Lipinski definition) is 7. The maximum absolute atomic E-state index is 14.8. The van der Waals surface area contributed by atoms with E-state index < -0.39 is 53.6 Å². The van der Waals surface area contributed by atoms with Crippen molar-refractivity contribution in [3.05, 3.63) is 96.1 Å². The van der Waals surface area contributed by atoms with E-state index in [1.807, 2.05) is 66.7 Å². The molecule has 2 saturated heterocycles. The number of allylic oxidation sites excluding steroid dienone is 1. The van der Waals surface area contributed by atoms with Crippen LogP contribution in [0.25, 0.3) is 0 Å². The maximum atomic E-state index is 14.8. The zero-order chi connectivity index (χ0) is 33.0. The molecule has 4 aliphatic heterocycles. The summed E-state index contributed by atoms with van der Waals surface area (Å²) in [5.41, 5.74) is 0.148. The van der Waals surface area contributed by atoms with Gasteiger partial charge in [-0.3, -0.25) is 19.2 Å². The highest BCUT2D eigenvalue weighted by Crippen LogP contribution is 2.54. The smallest absolute Gasteiger partial charge is 0.313 e. The Balaban J connectivity index is 1.43. The van der Waals surface area contributed by atoms with Crippen molar-refractivity contribution in [3.8, 4) is 0 Å². The number of carbonyl (C=O) groups is 4. The van der Waals surface area contributed by atoms with E-state index in [1.165, 1.54) is 4.90 Å². The van der Waals surface area contributed by atoms with E-state index in [9.17, 15) is 24.3 Å². The quantitative estimate of drug-likeness (QED) is 0.335. The Morgan fingerprint density at radius 2 is 1.74 bits per heavy atom. The minimum Gasteiger partial charge on any atom is -0.455 e. The topological polar surface area (TPSA) is 125 Å². The number of amides is 3. The van der Waals surface area contributed by atoms with Crippen LogP contribution in [0.1, 0.15) is 49.8 Å². The third kappa shape index (κ3) is 6.36. The Morgan fingerprint density at radius 1 is 1.00 bits per heavy atom. The molecule has 3 amide bonds. The van der Waals surface area contributed by atoms with Crippen molar-refractivity contribution in [2.75, 3.05) is 26.2 Å². The molecule has 0 aliphatic carbocycles. The van der Waals surface area contributed by atoms with Gasteiger partial charge in [0.1, 0.15) is 23.7 Å². The molecule has 2 N–H and O–H groups in total. The molecule has 0 bridgehead atoms. The van der Waals surface area contributed by atoms with Gasteiger partial charge in [-0.2, -0.15) is 0 Å². The Kier molecular flexibility index (Phi) is 9.89. The van der Waals surface area contributed by atoms with E-state index in [0.29, 0.717) is 31.5 Å². The van der Waals surface area contributed by atoms with Crippen molar-refractivity contribution in [2.45, 2.75) is 68.9 Å². The van der Waals surface area contributed by atoms with Gasteiger partial charge in [-0.15, -0.1) is 0 Å². The Morgan fingerprint density at radius 3 is 2.47 bits per heavy atom. The van der Waals surface area contributed by atoms with E-state index in [2.05, 4.69) is 12.2 Å². The lowest BCUT2D eigenvalue weighted by Gasteiger charge is -2.38. The molecule has 4 aliphatic rings. The molecule has 0 aromatic heterocycles. The SMILES string of the molecule is CCCCN1CC=C[C@]23O[C@@H]4/C=C\CCC(=O)NC[C@@H](c5ccccc5)OC(=O)[C@@H]4[C@H]2C(=O)N([C@@H](CO)Cc2ccccc2)[C@@H]3C1=O. The van der Waals surface area contributed by atoms with E-state index in [0.717, 1.165) is 18.4 Å². The number of nitrogens with one attached hydrogen (secondary N) is 1. The molecule has 2 aromatic carbocycles. The van der Waals surface area contributed by atoms with Crippen LogP contribution in [0.3, 0.4) is 0 Å². The van der Waals surface area contributed by atoms with Gasteiger partial charge >= 0.3 is 5.97 Å². The number of rotatable bonds is 8. The van der Waals surface area contributed by atoms with Gasteiger partial charge in [0.2, 0.25) is 17.7 Å². The number of aliphatic hydroxyl groups is 1. The second-order valence-corrected chi connectivity index (χ2v) is 12.8. The molecule has 6 rings (SSSR count). The molecule has 47 heavy (non-hydrogen) atoms. The number of likely N-dealkylation sites (tertiary alicyclic amines) is 1. The number of aliphatic hydroxyl groups excluding tert-OH is 1. The highest BCUT2D eigenvalue weighted by molar-refractivity contribution is 5.99. The summed E-state index contributed by atoms with van der Waals surface area (Å²) in [4.78, 5) is 59.5. The van der Waals surface area contributed by atoms with Crippen LogP contribution in [0.4, 0.5) is 0 Å². The van der Waals surface area contributed by atoms with Crippen LogP contribution in [-0.4, -0.2) is 88.6 Å². The normalized spacial score (nSPS) is 30.6. The van der Waals surface area contributed by atoms with Gasteiger partial charge in [-0.25, -0.2) is 0 Å². The number of esters is 1.